The summed E-state index contributed by atoms with van der Waals surface area (Å²) in [7, 11) is 3.70. The minimum Gasteiger partial charge on any atom is -0.383 e. The largest absolute Gasteiger partial charge is 0.383 e. The fourth-order valence-corrected chi connectivity index (χ4v) is 2.14. The number of hydrogen-bond donors (Lipinski definition) is 2. The Bertz CT molecular complexity index is 228. The second kappa shape index (κ2) is 7.63. The molecule has 3 N–H and O–H groups in total. The molecule has 0 aliphatic carbocycles. The molecule has 0 bridgehead atoms. The number of nitrogens with one attached hydrogen (secondary N) is 1. The number of carbonyl (C=O) groups excluding carboxylic acids is 1. The van der Waals surface area contributed by atoms with Crippen LogP contribution in [-0.2, 0) is 9.53 Å². The van der Waals surface area contributed by atoms with Crippen LogP contribution in [0.15, 0.2) is 0 Å². The van der Waals surface area contributed by atoms with Gasteiger partial charge in [0.25, 0.3) is 0 Å². The monoisotopic (exact) mass is 243 g/mol. The molecule has 0 aromatic rings. The number of ether oxygens (including phenoxy) is 1. The van der Waals surface area contributed by atoms with Crippen molar-refractivity contribution in [2.75, 3.05) is 40.4 Å². The van der Waals surface area contributed by atoms with Gasteiger partial charge in [0, 0.05) is 13.7 Å². The summed E-state index contributed by atoms with van der Waals surface area (Å²) in [6.45, 7) is 3.34. The average molecular weight is 243 g/mol. The Morgan fingerprint density at radius 3 is 2.76 bits per heavy atom. The minimum atomic E-state index is -0.544. The van der Waals surface area contributed by atoms with Crippen LogP contribution < -0.4 is 11.1 Å². The van der Waals surface area contributed by atoms with E-state index in [9.17, 15) is 4.79 Å². The van der Waals surface area contributed by atoms with Gasteiger partial charge < -0.3 is 20.7 Å². The maximum atomic E-state index is 11.5. The van der Waals surface area contributed by atoms with Gasteiger partial charge in [-0.15, -0.1) is 0 Å². The van der Waals surface area contributed by atoms with Gasteiger partial charge in [-0.05, 0) is 45.3 Å². The van der Waals surface area contributed by atoms with Crippen molar-refractivity contribution in [2.45, 2.75) is 25.3 Å². The molecule has 0 aromatic carbocycles. The Morgan fingerprint density at radius 1 is 1.53 bits per heavy atom. The van der Waals surface area contributed by atoms with Crippen LogP contribution in [0.25, 0.3) is 0 Å². The standard InChI is InChI=1S/C12H25N3O2/c1-15-7-4-10(5-8-15)3-6-14-12(16)11(13)9-17-2/h10-11H,3-9,13H2,1-2H3,(H,14,16). The van der Waals surface area contributed by atoms with E-state index in [1.807, 2.05) is 0 Å². The van der Waals surface area contributed by atoms with Gasteiger partial charge in [-0.25, -0.2) is 0 Å². The zero-order valence-electron chi connectivity index (χ0n) is 10.9. The summed E-state index contributed by atoms with van der Waals surface area (Å²) in [5.41, 5.74) is 5.62. The molecule has 5 heteroatoms. The average Bonchev–Trinajstić information content (AvgIpc) is 2.32. The lowest BCUT2D eigenvalue weighted by Gasteiger charge is -2.28. The maximum Gasteiger partial charge on any atom is 0.239 e. The third kappa shape index (κ3) is 5.48. The highest BCUT2D eigenvalue weighted by Gasteiger charge is 2.17. The summed E-state index contributed by atoms with van der Waals surface area (Å²) in [5.74, 6) is 0.630. The molecular weight excluding hydrogens is 218 g/mol. The normalized spacial score (nSPS) is 20.2. The van der Waals surface area contributed by atoms with E-state index in [1.54, 1.807) is 7.11 Å². The third-order valence-electron chi connectivity index (χ3n) is 3.37. The second-order valence-electron chi connectivity index (χ2n) is 4.89. The quantitative estimate of drug-likeness (QED) is 0.678. The molecule has 1 heterocycles. The summed E-state index contributed by atoms with van der Waals surface area (Å²) in [6, 6.07) is -0.544. The molecule has 0 spiro atoms. The van der Waals surface area contributed by atoms with E-state index < -0.39 is 6.04 Å². The Labute approximate surface area is 104 Å². The Balaban J connectivity index is 2.09. The SMILES string of the molecule is COCC(N)C(=O)NCCC1CCN(C)CC1. The summed E-state index contributed by atoms with van der Waals surface area (Å²) < 4.78 is 4.84. The van der Waals surface area contributed by atoms with E-state index in [1.165, 1.54) is 25.9 Å². The van der Waals surface area contributed by atoms with E-state index in [-0.39, 0.29) is 12.5 Å². The van der Waals surface area contributed by atoms with Gasteiger partial charge in [-0.1, -0.05) is 0 Å². The number of piperidine rings is 1. The number of rotatable bonds is 6. The molecule has 5 nitrogen and oxygen atoms in total. The second-order valence-corrected chi connectivity index (χ2v) is 4.89. The first kappa shape index (κ1) is 14.4. The fraction of sp³-hybridized carbons (Fsp3) is 0.917. The summed E-state index contributed by atoms with van der Waals surface area (Å²) in [6.07, 6.45) is 3.52. The third-order valence-corrected chi connectivity index (χ3v) is 3.37. The Kier molecular flexibility index (Phi) is 6.47. The van der Waals surface area contributed by atoms with Crippen LogP contribution in [-0.4, -0.2) is 57.2 Å². The van der Waals surface area contributed by atoms with Crippen LogP contribution in [0, 0.1) is 5.92 Å². The number of amides is 1. The molecule has 1 unspecified atom stereocenters. The minimum absolute atomic E-state index is 0.111. The molecule has 0 radical (unpaired) electrons. The maximum absolute atomic E-state index is 11.5. The van der Waals surface area contributed by atoms with E-state index in [0.717, 1.165) is 18.9 Å². The number of methoxy groups -OCH3 is 1. The van der Waals surface area contributed by atoms with Crippen molar-refractivity contribution in [1.29, 1.82) is 0 Å². The number of hydrogen-bond acceptors (Lipinski definition) is 4. The lowest BCUT2D eigenvalue weighted by atomic mass is 9.94. The highest BCUT2D eigenvalue weighted by molar-refractivity contribution is 5.81. The summed E-state index contributed by atoms with van der Waals surface area (Å²) in [5, 5.41) is 2.87. The summed E-state index contributed by atoms with van der Waals surface area (Å²) in [4.78, 5) is 13.9. The van der Waals surface area contributed by atoms with E-state index in [2.05, 4.69) is 17.3 Å². The summed E-state index contributed by atoms with van der Waals surface area (Å²) >= 11 is 0. The van der Waals surface area contributed by atoms with Gasteiger partial charge in [-0.2, -0.15) is 0 Å². The molecule has 1 amide bonds. The molecule has 1 atom stereocenters. The lowest BCUT2D eigenvalue weighted by Crippen LogP contribution is -2.44. The molecule has 0 aromatic heterocycles. The van der Waals surface area contributed by atoms with Crippen molar-refractivity contribution in [1.82, 2.24) is 10.2 Å². The van der Waals surface area contributed by atoms with E-state index >= 15 is 0 Å². The van der Waals surface area contributed by atoms with Crippen LogP contribution in [0.3, 0.4) is 0 Å². The van der Waals surface area contributed by atoms with Gasteiger partial charge in [0.2, 0.25) is 5.91 Å². The zero-order valence-corrected chi connectivity index (χ0v) is 10.9. The zero-order chi connectivity index (χ0) is 12.7. The Hall–Kier alpha value is -0.650. The van der Waals surface area contributed by atoms with Crippen LogP contribution in [0.5, 0.6) is 0 Å². The highest BCUT2D eigenvalue weighted by Crippen LogP contribution is 2.18. The number of carbonyl (C=O) groups is 1. The highest BCUT2D eigenvalue weighted by atomic mass is 16.5. The molecule has 1 rings (SSSR count). The molecule has 1 aliphatic rings. The number of likely N-dealkylation sites (tertiary alicyclic amines) is 1. The first-order valence-electron chi connectivity index (χ1n) is 6.34. The van der Waals surface area contributed by atoms with Gasteiger partial charge in [0.15, 0.2) is 0 Å². The first-order valence-corrected chi connectivity index (χ1v) is 6.34. The van der Waals surface area contributed by atoms with Gasteiger partial charge in [-0.3, -0.25) is 4.79 Å². The van der Waals surface area contributed by atoms with Crippen LogP contribution in [0.4, 0.5) is 0 Å². The van der Waals surface area contributed by atoms with Crippen LogP contribution >= 0.6 is 0 Å². The van der Waals surface area contributed by atoms with Gasteiger partial charge in [0.05, 0.1) is 6.61 Å². The predicted molar refractivity (Wildman–Crippen MR) is 67.7 cm³/mol. The molecule has 0 saturated carbocycles. The van der Waals surface area contributed by atoms with Crippen molar-refractivity contribution in [2.24, 2.45) is 11.7 Å². The molecule has 17 heavy (non-hydrogen) atoms. The van der Waals surface area contributed by atoms with Crippen LogP contribution in [0.1, 0.15) is 19.3 Å². The number of nitrogens with zero attached hydrogens (tertiary/aromatic N) is 1. The van der Waals surface area contributed by atoms with E-state index in [4.69, 9.17) is 10.5 Å². The topological polar surface area (TPSA) is 67.6 Å². The smallest absolute Gasteiger partial charge is 0.239 e. The molecule has 100 valence electrons. The molecule has 1 fully saturated rings. The van der Waals surface area contributed by atoms with E-state index in [0.29, 0.717) is 0 Å². The lowest BCUT2D eigenvalue weighted by molar-refractivity contribution is -0.123. The predicted octanol–water partition coefficient (Wildman–Crippen LogP) is -0.192. The van der Waals surface area contributed by atoms with Gasteiger partial charge in [0.1, 0.15) is 6.04 Å². The Morgan fingerprint density at radius 2 is 2.18 bits per heavy atom. The van der Waals surface area contributed by atoms with Gasteiger partial charge >= 0.3 is 0 Å². The van der Waals surface area contributed by atoms with Crippen molar-refractivity contribution in [3.63, 3.8) is 0 Å². The van der Waals surface area contributed by atoms with Crippen molar-refractivity contribution < 1.29 is 9.53 Å². The van der Waals surface area contributed by atoms with Crippen molar-refractivity contribution >= 4 is 5.91 Å². The number of nitrogens with two attached hydrogens (primary N) is 1. The molecule has 1 aliphatic heterocycles. The molecule has 1 saturated heterocycles. The fourth-order valence-electron chi connectivity index (χ4n) is 2.14. The van der Waals surface area contributed by atoms with Crippen molar-refractivity contribution in [3.05, 3.63) is 0 Å². The molecular formula is C12H25N3O2. The first-order chi connectivity index (χ1) is 8.13. The van der Waals surface area contributed by atoms with Crippen LogP contribution in [0.2, 0.25) is 0 Å². The van der Waals surface area contributed by atoms with Crippen molar-refractivity contribution in [3.8, 4) is 0 Å².